The van der Waals surface area contributed by atoms with E-state index in [0.29, 0.717) is 0 Å². The monoisotopic (exact) mass is 251 g/mol. The van der Waals surface area contributed by atoms with Gasteiger partial charge >= 0.3 is 0 Å². The van der Waals surface area contributed by atoms with Crippen LogP contribution in [0.3, 0.4) is 0 Å². The maximum absolute atomic E-state index is 2.20. The van der Waals surface area contributed by atoms with Crippen molar-refractivity contribution >= 4 is 17.8 Å². The van der Waals surface area contributed by atoms with Gasteiger partial charge in [0.1, 0.15) is 0 Å². The quantitative estimate of drug-likeness (QED) is 0.724. The zero-order valence-electron chi connectivity index (χ0n) is 11.9. The van der Waals surface area contributed by atoms with Crippen LogP contribution in [0.2, 0.25) is 0 Å². The summed E-state index contributed by atoms with van der Waals surface area (Å²) in [4.78, 5) is 2.11. The molecule has 0 atom stereocenters. The minimum Gasteiger partial charge on any atom is -0.378 e. The van der Waals surface area contributed by atoms with E-state index in [1.165, 1.54) is 22.4 Å². The van der Waals surface area contributed by atoms with Crippen LogP contribution in [-0.2, 0) is 6.42 Å². The highest BCUT2D eigenvalue weighted by Crippen LogP contribution is 2.16. The van der Waals surface area contributed by atoms with Gasteiger partial charge in [-0.25, -0.2) is 0 Å². The Balaban J connectivity index is 2.18. The predicted octanol–water partition coefficient (Wildman–Crippen LogP) is 4.49. The normalized spacial score (nSPS) is 10.9. The molecule has 98 valence electrons. The number of benzene rings is 2. The van der Waals surface area contributed by atoms with Gasteiger partial charge in [-0.05, 0) is 35.2 Å². The third kappa shape index (κ3) is 3.47. The van der Waals surface area contributed by atoms with Crippen LogP contribution in [-0.4, -0.2) is 14.1 Å². The van der Waals surface area contributed by atoms with E-state index in [9.17, 15) is 0 Å². The van der Waals surface area contributed by atoms with Crippen molar-refractivity contribution in [2.75, 3.05) is 19.0 Å². The summed E-state index contributed by atoms with van der Waals surface area (Å²) >= 11 is 0. The van der Waals surface area contributed by atoms with Crippen molar-refractivity contribution in [1.29, 1.82) is 0 Å². The highest BCUT2D eigenvalue weighted by atomic mass is 15.1. The lowest BCUT2D eigenvalue weighted by Gasteiger charge is -2.11. The van der Waals surface area contributed by atoms with E-state index >= 15 is 0 Å². The van der Waals surface area contributed by atoms with Crippen LogP contribution in [0.1, 0.15) is 23.6 Å². The van der Waals surface area contributed by atoms with Crippen molar-refractivity contribution in [3.63, 3.8) is 0 Å². The molecule has 0 aliphatic heterocycles. The lowest BCUT2D eigenvalue weighted by molar-refractivity contribution is 1.13. The van der Waals surface area contributed by atoms with Crippen molar-refractivity contribution in [2.45, 2.75) is 13.3 Å². The summed E-state index contributed by atoms with van der Waals surface area (Å²) in [7, 11) is 4.12. The molecule has 0 saturated heterocycles. The van der Waals surface area contributed by atoms with E-state index in [1.54, 1.807) is 0 Å². The van der Waals surface area contributed by atoms with Crippen molar-refractivity contribution in [2.24, 2.45) is 0 Å². The highest BCUT2D eigenvalue weighted by molar-refractivity contribution is 5.71. The van der Waals surface area contributed by atoms with Crippen LogP contribution in [0.25, 0.3) is 12.2 Å². The van der Waals surface area contributed by atoms with Crippen molar-refractivity contribution < 1.29 is 0 Å². The first-order valence-electron chi connectivity index (χ1n) is 6.74. The van der Waals surface area contributed by atoms with Gasteiger partial charge < -0.3 is 4.90 Å². The van der Waals surface area contributed by atoms with Gasteiger partial charge in [-0.2, -0.15) is 0 Å². The summed E-state index contributed by atoms with van der Waals surface area (Å²) in [5.41, 5.74) is 5.16. The summed E-state index contributed by atoms with van der Waals surface area (Å²) in [6.07, 6.45) is 5.44. The minimum absolute atomic E-state index is 1.07. The molecule has 2 rings (SSSR count). The van der Waals surface area contributed by atoms with Crippen LogP contribution in [0, 0.1) is 0 Å². The van der Waals surface area contributed by atoms with Crippen LogP contribution in [0.15, 0.2) is 48.5 Å². The third-order valence-electron chi connectivity index (χ3n) is 3.30. The van der Waals surface area contributed by atoms with Crippen molar-refractivity contribution in [1.82, 2.24) is 0 Å². The molecule has 0 fully saturated rings. The fourth-order valence-electron chi connectivity index (χ4n) is 2.09. The van der Waals surface area contributed by atoms with Gasteiger partial charge in [0.15, 0.2) is 0 Å². The molecule has 0 aromatic heterocycles. The first-order chi connectivity index (χ1) is 9.20. The van der Waals surface area contributed by atoms with Crippen LogP contribution < -0.4 is 4.90 Å². The van der Waals surface area contributed by atoms with Gasteiger partial charge in [-0.3, -0.25) is 0 Å². The zero-order valence-corrected chi connectivity index (χ0v) is 11.9. The van der Waals surface area contributed by atoms with Crippen LogP contribution in [0.4, 0.5) is 5.69 Å². The zero-order chi connectivity index (χ0) is 13.7. The largest absolute Gasteiger partial charge is 0.378 e. The number of anilines is 1. The Kier molecular flexibility index (Phi) is 4.40. The molecular weight excluding hydrogens is 230 g/mol. The number of rotatable bonds is 4. The maximum atomic E-state index is 2.20. The molecule has 0 bridgehead atoms. The second kappa shape index (κ2) is 6.24. The van der Waals surface area contributed by atoms with Crippen LogP contribution >= 0.6 is 0 Å². The fraction of sp³-hybridized carbons (Fsp3) is 0.222. The molecule has 0 aliphatic carbocycles. The average Bonchev–Trinajstić information content (AvgIpc) is 2.45. The summed E-state index contributed by atoms with van der Waals surface area (Å²) in [6.45, 7) is 2.19. The average molecular weight is 251 g/mol. The molecule has 1 nitrogen and oxygen atoms in total. The Morgan fingerprint density at radius 2 is 1.58 bits per heavy atom. The molecule has 0 saturated carbocycles. The van der Waals surface area contributed by atoms with E-state index in [2.05, 4.69) is 86.6 Å². The van der Waals surface area contributed by atoms with Gasteiger partial charge in [0.05, 0.1) is 0 Å². The third-order valence-corrected chi connectivity index (χ3v) is 3.30. The van der Waals surface area contributed by atoms with Crippen LogP contribution in [0.5, 0.6) is 0 Å². The molecule has 0 radical (unpaired) electrons. The molecule has 0 amide bonds. The molecule has 2 aromatic rings. The topological polar surface area (TPSA) is 3.24 Å². The first kappa shape index (κ1) is 13.4. The molecule has 0 spiro atoms. The summed E-state index contributed by atoms with van der Waals surface area (Å²) in [5, 5.41) is 0. The predicted molar refractivity (Wildman–Crippen MR) is 85.5 cm³/mol. The molecule has 1 heteroatoms. The SMILES string of the molecule is CCc1ccccc1C=Cc1ccc(N(C)C)cc1. The van der Waals surface area contributed by atoms with Crippen molar-refractivity contribution in [3.8, 4) is 0 Å². The number of hydrogen-bond donors (Lipinski definition) is 0. The molecule has 0 N–H and O–H groups in total. The second-order valence-electron chi connectivity index (χ2n) is 4.87. The van der Waals surface area contributed by atoms with E-state index in [-0.39, 0.29) is 0 Å². The molecule has 0 heterocycles. The Morgan fingerprint density at radius 1 is 0.895 bits per heavy atom. The lowest BCUT2D eigenvalue weighted by atomic mass is 10.0. The van der Waals surface area contributed by atoms with Gasteiger partial charge in [-0.1, -0.05) is 55.5 Å². The number of nitrogens with zero attached hydrogens (tertiary/aromatic N) is 1. The number of aryl methyl sites for hydroxylation is 1. The van der Waals surface area contributed by atoms with Gasteiger partial charge in [-0.15, -0.1) is 0 Å². The Hall–Kier alpha value is -2.02. The Bertz CT molecular complexity index is 550. The highest BCUT2D eigenvalue weighted by Gasteiger charge is 1.96. The van der Waals surface area contributed by atoms with E-state index in [4.69, 9.17) is 0 Å². The molecular formula is C18H21N. The van der Waals surface area contributed by atoms with E-state index in [0.717, 1.165) is 6.42 Å². The Labute approximate surface area is 116 Å². The smallest absolute Gasteiger partial charge is 0.0361 e. The fourth-order valence-corrected chi connectivity index (χ4v) is 2.09. The second-order valence-corrected chi connectivity index (χ2v) is 4.87. The molecule has 19 heavy (non-hydrogen) atoms. The van der Waals surface area contributed by atoms with Gasteiger partial charge in [0, 0.05) is 19.8 Å². The van der Waals surface area contributed by atoms with Gasteiger partial charge in [0.2, 0.25) is 0 Å². The lowest BCUT2D eigenvalue weighted by Crippen LogP contribution is -2.07. The molecule has 0 aliphatic rings. The summed E-state index contributed by atoms with van der Waals surface area (Å²) in [5.74, 6) is 0. The standard InChI is InChI=1S/C18H21N/c1-4-16-7-5-6-8-17(16)12-9-15-10-13-18(14-11-15)19(2)3/h5-14H,4H2,1-3H3. The van der Waals surface area contributed by atoms with E-state index < -0.39 is 0 Å². The Morgan fingerprint density at radius 3 is 2.21 bits per heavy atom. The summed E-state index contributed by atoms with van der Waals surface area (Å²) < 4.78 is 0. The van der Waals surface area contributed by atoms with Gasteiger partial charge in [0.25, 0.3) is 0 Å². The first-order valence-corrected chi connectivity index (χ1v) is 6.74. The number of hydrogen-bond acceptors (Lipinski definition) is 1. The molecule has 2 aromatic carbocycles. The van der Waals surface area contributed by atoms with Crippen molar-refractivity contribution in [3.05, 3.63) is 65.2 Å². The van der Waals surface area contributed by atoms with E-state index in [1.807, 2.05) is 0 Å². The minimum atomic E-state index is 1.07. The summed E-state index contributed by atoms with van der Waals surface area (Å²) in [6, 6.07) is 17.1. The maximum Gasteiger partial charge on any atom is 0.0361 e. The molecule has 0 unspecified atom stereocenters.